The van der Waals surface area contributed by atoms with E-state index in [0.29, 0.717) is 24.5 Å². The van der Waals surface area contributed by atoms with Crippen molar-refractivity contribution in [2.45, 2.75) is 31.3 Å². The lowest BCUT2D eigenvalue weighted by Gasteiger charge is -2.40. The van der Waals surface area contributed by atoms with E-state index in [4.69, 9.17) is 14.2 Å². The highest BCUT2D eigenvalue weighted by Crippen LogP contribution is 2.42. The summed E-state index contributed by atoms with van der Waals surface area (Å²) in [5.41, 5.74) is 1.92. The number of nitrogens with zero attached hydrogens (tertiary/aromatic N) is 1. The zero-order valence-electron chi connectivity index (χ0n) is 15.3. The zero-order chi connectivity index (χ0) is 18.8. The summed E-state index contributed by atoms with van der Waals surface area (Å²) in [4.78, 5) is 14.0. The molecule has 2 aromatic rings. The van der Waals surface area contributed by atoms with Gasteiger partial charge in [-0.2, -0.15) is 0 Å². The van der Waals surface area contributed by atoms with E-state index in [2.05, 4.69) is 4.90 Å². The van der Waals surface area contributed by atoms with Gasteiger partial charge in [0.2, 0.25) is 6.79 Å². The zero-order valence-corrected chi connectivity index (χ0v) is 15.3. The van der Waals surface area contributed by atoms with Gasteiger partial charge in [-0.3, -0.25) is 9.69 Å². The largest absolute Gasteiger partial charge is 0.496 e. The molecule has 142 valence electrons. The van der Waals surface area contributed by atoms with E-state index in [9.17, 15) is 9.90 Å². The summed E-state index contributed by atoms with van der Waals surface area (Å²) in [6.07, 6.45) is 2.54. The second kappa shape index (κ2) is 7.48. The van der Waals surface area contributed by atoms with Crippen molar-refractivity contribution in [2.24, 2.45) is 0 Å². The number of para-hydroxylation sites is 1. The van der Waals surface area contributed by atoms with Gasteiger partial charge >= 0.3 is 5.97 Å². The maximum absolute atomic E-state index is 12.0. The van der Waals surface area contributed by atoms with Crippen molar-refractivity contribution in [1.29, 1.82) is 0 Å². The van der Waals surface area contributed by atoms with E-state index in [-0.39, 0.29) is 12.8 Å². The van der Waals surface area contributed by atoms with Crippen LogP contribution < -0.4 is 14.2 Å². The Morgan fingerprint density at radius 2 is 2.00 bits per heavy atom. The average Bonchev–Trinajstić information content (AvgIpc) is 3.17. The van der Waals surface area contributed by atoms with E-state index in [1.807, 2.05) is 42.5 Å². The van der Waals surface area contributed by atoms with Gasteiger partial charge < -0.3 is 19.3 Å². The molecular formula is C21H23NO5. The lowest BCUT2D eigenvalue weighted by atomic mass is 9.91. The molecule has 2 aromatic carbocycles. The molecule has 2 unspecified atom stereocenters. The van der Waals surface area contributed by atoms with Gasteiger partial charge in [-0.1, -0.05) is 30.7 Å². The first kappa shape index (κ1) is 17.7. The van der Waals surface area contributed by atoms with Crippen molar-refractivity contribution >= 4 is 5.97 Å². The van der Waals surface area contributed by atoms with Gasteiger partial charge in [0.05, 0.1) is 13.2 Å². The predicted molar refractivity (Wildman–Crippen MR) is 99.4 cm³/mol. The second-order valence-corrected chi connectivity index (χ2v) is 6.84. The molecule has 0 radical (unpaired) electrons. The maximum atomic E-state index is 12.0. The molecular weight excluding hydrogens is 346 g/mol. The molecule has 2 heterocycles. The van der Waals surface area contributed by atoms with Crippen molar-refractivity contribution < 1.29 is 24.1 Å². The number of rotatable bonds is 5. The van der Waals surface area contributed by atoms with Crippen LogP contribution in [0.1, 0.15) is 36.4 Å². The van der Waals surface area contributed by atoms with Crippen LogP contribution in [0.2, 0.25) is 0 Å². The van der Waals surface area contributed by atoms with E-state index in [1.54, 1.807) is 7.11 Å². The van der Waals surface area contributed by atoms with Crippen LogP contribution >= 0.6 is 0 Å². The van der Waals surface area contributed by atoms with Crippen molar-refractivity contribution in [3.63, 3.8) is 0 Å². The average molecular weight is 369 g/mol. The Hall–Kier alpha value is -2.73. The lowest BCUT2D eigenvalue weighted by Crippen LogP contribution is -2.46. The number of carboxylic acid groups (broad SMARTS) is 1. The summed E-state index contributed by atoms with van der Waals surface area (Å²) in [7, 11) is 1.64. The molecule has 0 amide bonds. The summed E-state index contributed by atoms with van der Waals surface area (Å²) in [6.45, 7) is 0.924. The fourth-order valence-corrected chi connectivity index (χ4v) is 4.05. The Bertz CT molecular complexity index is 837. The quantitative estimate of drug-likeness (QED) is 0.871. The maximum Gasteiger partial charge on any atom is 0.320 e. The van der Waals surface area contributed by atoms with Crippen LogP contribution in [0.3, 0.4) is 0 Å². The van der Waals surface area contributed by atoms with Gasteiger partial charge in [0.25, 0.3) is 0 Å². The Labute approximate surface area is 158 Å². The van der Waals surface area contributed by atoms with Crippen LogP contribution in [0, 0.1) is 0 Å². The molecule has 2 aliphatic rings. The van der Waals surface area contributed by atoms with Crippen LogP contribution in [0.4, 0.5) is 0 Å². The van der Waals surface area contributed by atoms with Crippen LogP contribution in [0.25, 0.3) is 0 Å². The van der Waals surface area contributed by atoms with Crippen LogP contribution in [0.15, 0.2) is 42.5 Å². The number of carboxylic acids is 1. The fourth-order valence-electron chi connectivity index (χ4n) is 4.05. The fraction of sp³-hybridized carbons (Fsp3) is 0.381. The Morgan fingerprint density at radius 1 is 1.19 bits per heavy atom. The number of likely N-dealkylation sites (tertiary alicyclic amines) is 1. The van der Waals surface area contributed by atoms with Gasteiger partial charge in [-0.05, 0) is 43.1 Å². The number of carbonyl (C=O) groups is 1. The summed E-state index contributed by atoms with van der Waals surface area (Å²) in [5.74, 6) is 1.37. The van der Waals surface area contributed by atoms with Crippen molar-refractivity contribution in [1.82, 2.24) is 4.90 Å². The van der Waals surface area contributed by atoms with Crippen LogP contribution in [0.5, 0.6) is 17.2 Å². The smallest absolute Gasteiger partial charge is 0.320 e. The van der Waals surface area contributed by atoms with Gasteiger partial charge in [0.1, 0.15) is 11.8 Å². The molecule has 0 saturated carbocycles. The molecule has 1 fully saturated rings. The number of aliphatic carboxylic acids is 1. The standard InChI is InChI=1S/C21H23NO5/c1-25-17-8-3-2-6-15(17)20(22-11-5-4-7-16(22)21(23)24)14-9-10-18-19(12-14)27-13-26-18/h2-3,6,8-10,12,16,20H,4-5,7,11,13H2,1H3,(H,23,24). The third-order valence-electron chi connectivity index (χ3n) is 5.31. The predicted octanol–water partition coefficient (Wildman–Crippen LogP) is 3.45. The van der Waals surface area contributed by atoms with Gasteiger partial charge in [0.15, 0.2) is 11.5 Å². The number of hydrogen-bond acceptors (Lipinski definition) is 5. The number of piperidine rings is 1. The molecule has 2 atom stereocenters. The number of fused-ring (bicyclic) bond motifs is 1. The molecule has 6 heteroatoms. The molecule has 2 aliphatic heterocycles. The molecule has 0 bridgehead atoms. The first-order chi connectivity index (χ1) is 13.2. The topological polar surface area (TPSA) is 68.2 Å². The van der Waals surface area contributed by atoms with Crippen molar-refractivity contribution in [2.75, 3.05) is 20.4 Å². The number of ether oxygens (including phenoxy) is 3. The van der Waals surface area contributed by atoms with Crippen molar-refractivity contribution in [3.05, 3.63) is 53.6 Å². The third kappa shape index (κ3) is 3.32. The second-order valence-electron chi connectivity index (χ2n) is 6.84. The van der Waals surface area contributed by atoms with Crippen LogP contribution in [-0.2, 0) is 4.79 Å². The van der Waals surface area contributed by atoms with E-state index >= 15 is 0 Å². The molecule has 0 aliphatic carbocycles. The van der Waals surface area contributed by atoms with E-state index in [1.165, 1.54) is 0 Å². The van der Waals surface area contributed by atoms with E-state index < -0.39 is 12.0 Å². The summed E-state index contributed by atoms with van der Waals surface area (Å²) in [5, 5.41) is 9.82. The Balaban J connectivity index is 1.83. The highest BCUT2D eigenvalue weighted by Gasteiger charge is 2.36. The molecule has 0 aromatic heterocycles. The lowest BCUT2D eigenvalue weighted by molar-refractivity contribution is -0.145. The molecule has 0 spiro atoms. The Kier molecular flexibility index (Phi) is 4.90. The minimum absolute atomic E-state index is 0.208. The molecule has 27 heavy (non-hydrogen) atoms. The third-order valence-corrected chi connectivity index (χ3v) is 5.31. The SMILES string of the molecule is COc1ccccc1C(c1ccc2c(c1)OCO2)N1CCCCC1C(=O)O. The highest BCUT2D eigenvalue weighted by molar-refractivity contribution is 5.74. The minimum Gasteiger partial charge on any atom is -0.496 e. The first-order valence-electron chi connectivity index (χ1n) is 9.20. The molecule has 1 saturated heterocycles. The summed E-state index contributed by atoms with van der Waals surface area (Å²) >= 11 is 0. The van der Waals surface area contributed by atoms with Gasteiger partial charge in [-0.25, -0.2) is 0 Å². The molecule has 1 N–H and O–H groups in total. The number of methoxy groups -OCH3 is 1. The summed E-state index contributed by atoms with van der Waals surface area (Å²) < 4.78 is 16.6. The van der Waals surface area contributed by atoms with Crippen molar-refractivity contribution in [3.8, 4) is 17.2 Å². The Morgan fingerprint density at radius 3 is 2.81 bits per heavy atom. The molecule has 6 nitrogen and oxygen atoms in total. The number of hydrogen-bond donors (Lipinski definition) is 1. The van der Waals surface area contributed by atoms with Gasteiger partial charge in [-0.15, -0.1) is 0 Å². The monoisotopic (exact) mass is 369 g/mol. The van der Waals surface area contributed by atoms with Crippen LogP contribution in [-0.4, -0.2) is 42.5 Å². The molecule has 4 rings (SSSR count). The van der Waals surface area contributed by atoms with E-state index in [0.717, 1.165) is 29.7 Å². The number of benzene rings is 2. The van der Waals surface area contributed by atoms with Gasteiger partial charge in [0, 0.05) is 5.56 Å². The summed E-state index contributed by atoms with van der Waals surface area (Å²) in [6, 6.07) is 12.8. The normalized spacial score (nSPS) is 20.3. The minimum atomic E-state index is -0.782. The highest BCUT2D eigenvalue weighted by atomic mass is 16.7. The first-order valence-corrected chi connectivity index (χ1v) is 9.20.